The molecule has 3 heterocycles. The number of carbonyl (C=O) groups is 2. The zero-order valence-corrected chi connectivity index (χ0v) is 21.5. The van der Waals surface area contributed by atoms with Crippen LogP contribution in [0.1, 0.15) is 66.6 Å². The van der Waals surface area contributed by atoms with Crippen molar-refractivity contribution in [2.45, 2.75) is 58.6 Å². The van der Waals surface area contributed by atoms with Crippen LogP contribution in [-0.2, 0) is 11.3 Å². The van der Waals surface area contributed by atoms with Gasteiger partial charge in [-0.3, -0.25) is 19.7 Å². The Morgan fingerprint density at radius 1 is 1.03 bits per heavy atom. The van der Waals surface area contributed by atoms with E-state index in [0.29, 0.717) is 30.3 Å². The second kappa shape index (κ2) is 10.9. The molecule has 188 valence electrons. The van der Waals surface area contributed by atoms with Crippen molar-refractivity contribution in [3.63, 3.8) is 0 Å². The Morgan fingerprint density at radius 3 is 2.47 bits per heavy atom. The maximum absolute atomic E-state index is 13.4. The molecule has 0 saturated carbocycles. The van der Waals surface area contributed by atoms with E-state index in [4.69, 9.17) is 4.74 Å². The van der Waals surface area contributed by atoms with Gasteiger partial charge in [-0.2, -0.15) is 0 Å². The van der Waals surface area contributed by atoms with Crippen LogP contribution in [0.5, 0.6) is 0 Å². The summed E-state index contributed by atoms with van der Waals surface area (Å²) in [5.41, 5.74) is 3.75. The molecule has 3 aromatic rings. The Kier molecular flexibility index (Phi) is 7.67. The number of pyridine rings is 2. The van der Waals surface area contributed by atoms with Gasteiger partial charge < -0.3 is 9.64 Å². The topological polar surface area (TPSA) is 75.6 Å². The van der Waals surface area contributed by atoms with Crippen molar-refractivity contribution in [3.8, 4) is 0 Å². The number of aromatic nitrogens is 2. The SMILES string of the molecule is Cc1cccc(C2CCN(C(=O)c3cncc(N(Cc4cccnc4)C(=O)OC(C)(C)C)c3)CC2)c1. The number of amides is 2. The molecule has 1 fully saturated rings. The highest BCUT2D eigenvalue weighted by atomic mass is 16.6. The number of hydrogen-bond acceptors (Lipinski definition) is 5. The van der Waals surface area contributed by atoms with Gasteiger partial charge >= 0.3 is 6.09 Å². The van der Waals surface area contributed by atoms with Gasteiger partial charge in [0.2, 0.25) is 0 Å². The number of rotatable bonds is 5. The van der Waals surface area contributed by atoms with Crippen LogP contribution < -0.4 is 4.90 Å². The summed E-state index contributed by atoms with van der Waals surface area (Å²) in [6.45, 7) is 9.21. The van der Waals surface area contributed by atoms with Crippen molar-refractivity contribution >= 4 is 17.7 Å². The minimum absolute atomic E-state index is 0.0717. The first-order valence-electron chi connectivity index (χ1n) is 12.4. The van der Waals surface area contributed by atoms with Gasteiger partial charge in [0.15, 0.2) is 0 Å². The third-order valence-corrected chi connectivity index (χ3v) is 6.26. The summed E-state index contributed by atoms with van der Waals surface area (Å²) in [4.78, 5) is 38.3. The van der Waals surface area contributed by atoms with Crippen LogP contribution in [-0.4, -0.2) is 45.6 Å². The molecule has 4 rings (SSSR count). The normalized spacial score (nSPS) is 14.4. The zero-order chi connectivity index (χ0) is 25.7. The Morgan fingerprint density at radius 2 is 1.81 bits per heavy atom. The van der Waals surface area contributed by atoms with Gasteiger partial charge in [-0.15, -0.1) is 0 Å². The Labute approximate surface area is 213 Å². The van der Waals surface area contributed by atoms with Gasteiger partial charge in [-0.1, -0.05) is 35.9 Å². The third kappa shape index (κ3) is 6.47. The molecule has 2 amide bonds. The highest BCUT2D eigenvalue weighted by Gasteiger charge is 2.27. The van der Waals surface area contributed by atoms with Crippen LogP contribution >= 0.6 is 0 Å². The zero-order valence-electron chi connectivity index (χ0n) is 21.5. The molecule has 7 heteroatoms. The van der Waals surface area contributed by atoms with Crippen LogP contribution in [0.2, 0.25) is 0 Å². The van der Waals surface area contributed by atoms with E-state index in [2.05, 4.69) is 41.2 Å². The van der Waals surface area contributed by atoms with E-state index in [9.17, 15) is 9.59 Å². The van der Waals surface area contributed by atoms with Crippen molar-refractivity contribution in [1.82, 2.24) is 14.9 Å². The van der Waals surface area contributed by atoms with E-state index in [0.717, 1.165) is 18.4 Å². The number of benzene rings is 1. The van der Waals surface area contributed by atoms with E-state index in [1.807, 2.05) is 37.8 Å². The monoisotopic (exact) mass is 486 g/mol. The van der Waals surface area contributed by atoms with E-state index in [1.54, 1.807) is 30.9 Å². The third-order valence-electron chi connectivity index (χ3n) is 6.26. The lowest BCUT2D eigenvalue weighted by molar-refractivity contribution is 0.0576. The summed E-state index contributed by atoms with van der Waals surface area (Å²) in [5.74, 6) is 0.387. The van der Waals surface area contributed by atoms with Gasteiger partial charge in [0.1, 0.15) is 5.60 Å². The van der Waals surface area contributed by atoms with Crippen LogP contribution in [0, 0.1) is 6.92 Å². The summed E-state index contributed by atoms with van der Waals surface area (Å²) in [7, 11) is 0. The number of hydrogen-bond donors (Lipinski definition) is 0. The van der Waals surface area contributed by atoms with Crippen molar-refractivity contribution in [3.05, 3.63) is 89.5 Å². The minimum atomic E-state index is -0.660. The lowest BCUT2D eigenvalue weighted by Crippen LogP contribution is -2.38. The smallest absolute Gasteiger partial charge is 0.415 e. The van der Waals surface area contributed by atoms with E-state index in [-0.39, 0.29) is 12.5 Å². The van der Waals surface area contributed by atoms with Gasteiger partial charge in [-0.25, -0.2) is 4.79 Å². The molecule has 0 bridgehead atoms. The Balaban J connectivity index is 1.50. The molecule has 1 aromatic carbocycles. The molecule has 1 aliphatic heterocycles. The van der Waals surface area contributed by atoms with E-state index < -0.39 is 11.7 Å². The molecule has 0 N–H and O–H groups in total. The van der Waals surface area contributed by atoms with E-state index >= 15 is 0 Å². The summed E-state index contributed by atoms with van der Waals surface area (Å²) < 4.78 is 5.65. The lowest BCUT2D eigenvalue weighted by atomic mass is 9.88. The van der Waals surface area contributed by atoms with Crippen molar-refractivity contribution in [1.29, 1.82) is 0 Å². The highest BCUT2D eigenvalue weighted by molar-refractivity contribution is 5.96. The fourth-order valence-corrected chi connectivity index (χ4v) is 4.47. The molecule has 1 aliphatic rings. The number of piperidine rings is 1. The Bertz CT molecular complexity index is 1200. The first-order chi connectivity index (χ1) is 17.2. The van der Waals surface area contributed by atoms with Crippen molar-refractivity contribution < 1.29 is 14.3 Å². The molecule has 7 nitrogen and oxygen atoms in total. The first kappa shape index (κ1) is 25.4. The summed E-state index contributed by atoms with van der Waals surface area (Å²) >= 11 is 0. The number of ether oxygens (including phenoxy) is 1. The van der Waals surface area contributed by atoms with Crippen LogP contribution in [0.15, 0.2) is 67.3 Å². The number of aryl methyl sites for hydroxylation is 1. The molecule has 36 heavy (non-hydrogen) atoms. The minimum Gasteiger partial charge on any atom is -0.443 e. The maximum atomic E-state index is 13.4. The number of likely N-dealkylation sites (tertiary alicyclic amines) is 1. The molecule has 0 atom stereocenters. The molecule has 0 aliphatic carbocycles. The summed E-state index contributed by atoms with van der Waals surface area (Å²) in [5, 5.41) is 0. The van der Waals surface area contributed by atoms with Gasteiger partial charge in [0.05, 0.1) is 24.0 Å². The average molecular weight is 487 g/mol. The summed E-state index contributed by atoms with van der Waals surface area (Å²) in [6.07, 6.45) is 7.89. The highest BCUT2D eigenvalue weighted by Crippen LogP contribution is 2.29. The van der Waals surface area contributed by atoms with Crippen molar-refractivity contribution in [2.24, 2.45) is 0 Å². The number of carbonyl (C=O) groups excluding carboxylic acids is 2. The van der Waals surface area contributed by atoms with Gasteiger partial charge in [0, 0.05) is 31.7 Å². The molecule has 0 spiro atoms. The second-order valence-electron chi connectivity index (χ2n) is 10.3. The maximum Gasteiger partial charge on any atom is 0.415 e. The second-order valence-corrected chi connectivity index (χ2v) is 10.3. The average Bonchev–Trinajstić information content (AvgIpc) is 2.86. The number of anilines is 1. The fourth-order valence-electron chi connectivity index (χ4n) is 4.47. The van der Waals surface area contributed by atoms with Gasteiger partial charge in [0.25, 0.3) is 5.91 Å². The van der Waals surface area contributed by atoms with Crippen molar-refractivity contribution in [2.75, 3.05) is 18.0 Å². The Hall–Kier alpha value is -3.74. The molecule has 1 saturated heterocycles. The predicted molar refractivity (Wildman–Crippen MR) is 140 cm³/mol. The molecule has 0 radical (unpaired) electrons. The first-order valence-corrected chi connectivity index (χ1v) is 12.4. The quantitative estimate of drug-likeness (QED) is 0.459. The van der Waals surface area contributed by atoms with Gasteiger partial charge in [-0.05, 0) is 69.7 Å². The molecule has 2 aromatic heterocycles. The molecular weight excluding hydrogens is 452 g/mol. The number of nitrogens with zero attached hydrogens (tertiary/aromatic N) is 4. The van der Waals surface area contributed by atoms with Crippen LogP contribution in [0.4, 0.5) is 10.5 Å². The summed E-state index contributed by atoms with van der Waals surface area (Å²) in [6, 6.07) is 14.1. The lowest BCUT2D eigenvalue weighted by Gasteiger charge is -2.32. The largest absolute Gasteiger partial charge is 0.443 e. The van der Waals surface area contributed by atoms with E-state index in [1.165, 1.54) is 16.0 Å². The van der Waals surface area contributed by atoms with Crippen LogP contribution in [0.3, 0.4) is 0 Å². The standard InChI is InChI=1S/C29H34N4O3/c1-21-7-5-9-24(15-21)23-10-13-32(14-11-23)27(34)25-16-26(19-31-18-25)33(28(35)36-29(2,3)4)20-22-8-6-12-30-17-22/h5-9,12,15-19,23H,10-11,13-14,20H2,1-4H3. The fraction of sp³-hybridized carbons (Fsp3) is 0.379. The molecule has 0 unspecified atom stereocenters. The van der Waals surface area contributed by atoms with Crippen LogP contribution in [0.25, 0.3) is 0 Å². The predicted octanol–water partition coefficient (Wildman–Crippen LogP) is 5.75. The molecular formula is C29H34N4O3.